The molecule has 1 heterocycles. The van der Waals surface area contributed by atoms with Gasteiger partial charge in [0.05, 0.1) is 25.1 Å². The monoisotopic (exact) mass is 253 g/mol. The molecule has 6 heteroatoms. The SMILES string of the molecule is COc1cc(OC2CC[NH2+]CC2)ccc1[N+](=O)[O-]. The van der Waals surface area contributed by atoms with Gasteiger partial charge in [-0.25, -0.2) is 0 Å². The number of quaternary nitrogens is 1. The van der Waals surface area contributed by atoms with Crippen LogP contribution in [-0.4, -0.2) is 31.2 Å². The Kier molecular flexibility index (Phi) is 3.99. The van der Waals surface area contributed by atoms with Gasteiger partial charge in [0.15, 0.2) is 0 Å². The summed E-state index contributed by atoms with van der Waals surface area (Å²) in [7, 11) is 1.42. The lowest BCUT2D eigenvalue weighted by Gasteiger charge is -2.21. The third-order valence-corrected chi connectivity index (χ3v) is 3.04. The molecule has 18 heavy (non-hydrogen) atoms. The molecule has 1 saturated heterocycles. The lowest BCUT2D eigenvalue weighted by Crippen LogP contribution is -2.86. The van der Waals surface area contributed by atoms with E-state index < -0.39 is 4.92 Å². The predicted molar refractivity (Wildman–Crippen MR) is 65.0 cm³/mol. The summed E-state index contributed by atoms with van der Waals surface area (Å²) in [6.45, 7) is 2.13. The van der Waals surface area contributed by atoms with E-state index >= 15 is 0 Å². The first-order valence-corrected chi connectivity index (χ1v) is 6.01. The first-order chi connectivity index (χ1) is 8.70. The van der Waals surface area contributed by atoms with Crippen LogP contribution in [0.2, 0.25) is 0 Å². The Morgan fingerprint density at radius 2 is 2.11 bits per heavy atom. The number of methoxy groups -OCH3 is 1. The fraction of sp³-hybridized carbons (Fsp3) is 0.500. The van der Waals surface area contributed by atoms with E-state index in [-0.39, 0.29) is 17.5 Å². The topological polar surface area (TPSA) is 78.2 Å². The van der Waals surface area contributed by atoms with E-state index in [0.29, 0.717) is 5.75 Å². The van der Waals surface area contributed by atoms with Crippen molar-refractivity contribution < 1.29 is 19.7 Å². The van der Waals surface area contributed by atoms with Gasteiger partial charge in [0.2, 0.25) is 5.75 Å². The van der Waals surface area contributed by atoms with Crippen LogP contribution < -0.4 is 14.8 Å². The van der Waals surface area contributed by atoms with Gasteiger partial charge in [0.1, 0.15) is 11.9 Å². The normalized spacial score (nSPS) is 16.3. The predicted octanol–water partition coefficient (Wildman–Crippen LogP) is 0.708. The number of rotatable bonds is 4. The molecule has 0 amide bonds. The van der Waals surface area contributed by atoms with Crippen LogP contribution in [0.15, 0.2) is 18.2 Å². The maximum atomic E-state index is 10.8. The molecular formula is C12H17N2O4+. The zero-order valence-electron chi connectivity index (χ0n) is 10.3. The number of piperidine rings is 1. The fourth-order valence-electron chi connectivity index (χ4n) is 2.09. The summed E-state index contributed by atoms with van der Waals surface area (Å²) in [5, 5.41) is 13.0. The van der Waals surface area contributed by atoms with Crippen LogP contribution in [0.1, 0.15) is 12.8 Å². The number of nitro benzene ring substituents is 1. The van der Waals surface area contributed by atoms with E-state index in [1.165, 1.54) is 13.2 Å². The van der Waals surface area contributed by atoms with Crippen molar-refractivity contribution >= 4 is 5.69 Å². The number of benzene rings is 1. The highest BCUT2D eigenvalue weighted by Gasteiger charge is 2.19. The van der Waals surface area contributed by atoms with Crippen molar-refractivity contribution in [3.8, 4) is 11.5 Å². The standard InChI is InChI=1S/C12H16N2O4/c1-17-12-8-10(2-3-11(12)14(15)16)18-9-4-6-13-7-5-9/h2-3,8-9,13H,4-7H2,1H3/p+1. The second-order valence-electron chi connectivity index (χ2n) is 4.27. The van der Waals surface area contributed by atoms with Gasteiger partial charge in [0.25, 0.3) is 0 Å². The fourth-order valence-corrected chi connectivity index (χ4v) is 2.09. The van der Waals surface area contributed by atoms with E-state index in [4.69, 9.17) is 9.47 Å². The summed E-state index contributed by atoms with van der Waals surface area (Å²) in [6, 6.07) is 4.62. The van der Waals surface area contributed by atoms with Crippen LogP contribution in [-0.2, 0) is 0 Å². The second-order valence-corrected chi connectivity index (χ2v) is 4.27. The van der Waals surface area contributed by atoms with Gasteiger partial charge >= 0.3 is 5.69 Å². The zero-order valence-corrected chi connectivity index (χ0v) is 10.3. The van der Waals surface area contributed by atoms with Crippen LogP contribution in [0.3, 0.4) is 0 Å². The van der Waals surface area contributed by atoms with Crippen molar-refractivity contribution in [2.45, 2.75) is 18.9 Å². The molecule has 2 rings (SSSR count). The second kappa shape index (κ2) is 5.68. The van der Waals surface area contributed by atoms with Gasteiger partial charge < -0.3 is 14.8 Å². The van der Waals surface area contributed by atoms with E-state index in [0.717, 1.165) is 25.9 Å². The first-order valence-electron chi connectivity index (χ1n) is 6.01. The average molecular weight is 253 g/mol. The molecule has 98 valence electrons. The van der Waals surface area contributed by atoms with Crippen LogP contribution in [0.25, 0.3) is 0 Å². The molecule has 1 aliphatic heterocycles. The molecule has 0 saturated carbocycles. The van der Waals surface area contributed by atoms with Gasteiger partial charge in [-0.3, -0.25) is 10.1 Å². The Morgan fingerprint density at radius 1 is 1.39 bits per heavy atom. The molecule has 1 fully saturated rings. The molecular weight excluding hydrogens is 236 g/mol. The highest BCUT2D eigenvalue weighted by atomic mass is 16.6. The molecule has 0 spiro atoms. The summed E-state index contributed by atoms with van der Waals surface area (Å²) >= 11 is 0. The van der Waals surface area contributed by atoms with Crippen LogP contribution >= 0.6 is 0 Å². The molecule has 0 unspecified atom stereocenters. The van der Waals surface area contributed by atoms with E-state index in [2.05, 4.69) is 5.32 Å². The highest BCUT2D eigenvalue weighted by molar-refractivity contribution is 5.50. The van der Waals surface area contributed by atoms with Gasteiger partial charge in [-0.2, -0.15) is 0 Å². The molecule has 1 aromatic rings. The lowest BCUT2D eigenvalue weighted by atomic mass is 10.1. The Morgan fingerprint density at radius 3 is 2.72 bits per heavy atom. The minimum absolute atomic E-state index is 0.0400. The Balaban J connectivity index is 2.11. The molecule has 0 aliphatic carbocycles. The number of nitro groups is 1. The van der Waals surface area contributed by atoms with Crippen LogP contribution in [0, 0.1) is 10.1 Å². The quantitative estimate of drug-likeness (QED) is 0.633. The van der Waals surface area contributed by atoms with Gasteiger partial charge in [0, 0.05) is 25.0 Å². The summed E-state index contributed by atoms with van der Waals surface area (Å²) in [5.41, 5.74) is -0.0400. The Bertz CT molecular complexity index is 430. The van der Waals surface area contributed by atoms with Crippen molar-refractivity contribution in [2.24, 2.45) is 0 Å². The molecule has 0 aromatic heterocycles. The summed E-state index contributed by atoms with van der Waals surface area (Å²) in [4.78, 5) is 10.3. The van der Waals surface area contributed by atoms with E-state index in [1.807, 2.05) is 0 Å². The Hall–Kier alpha value is -1.82. The molecule has 0 atom stereocenters. The first kappa shape index (κ1) is 12.6. The average Bonchev–Trinajstić information content (AvgIpc) is 2.39. The Labute approximate surface area is 105 Å². The van der Waals surface area contributed by atoms with Crippen molar-refractivity contribution in [2.75, 3.05) is 20.2 Å². The van der Waals surface area contributed by atoms with Crippen molar-refractivity contribution in [1.29, 1.82) is 0 Å². The maximum Gasteiger partial charge on any atom is 0.311 e. The largest absolute Gasteiger partial charge is 0.490 e. The van der Waals surface area contributed by atoms with Gasteiger partial charge in [-0.05, 0) is 6.07 Å². The molecule has 6 nitrogen and oxygen atoms in total. The minimum Gasteiger partial charge on any atom is -0.490 e. The number of nitrogens with zero attached hydrogens (tertiary/aromatic N) is 1. The molecule has 1 aliphatic rings. The van der Waals surface area contributed by atoms with E-state index in [1.54, 1.807) is 12.1 Å². The third-order valence-electron chi connectivity index (χ3n) is 3.04. The van der Waals surface area contributed by atoms with Crippen molar-refractivity contribution in [3.63, 3.8) is 0 Å². The van der Waals surface area contributed by atoms with Crippen molar-refractivity contribution in [1.82, 2.24) is 0 Å². The van der Waals surface area contributed by atoms with E-state index in [9.17, 15) is 10.1 Å². The smallest absolute Gasteiger partial charge is 0.311 e. The maximum absolute atomic E-state index is 10.8. The molecule has 1 aromatic carbocycles. The summed E-state index contributed by atoms with van der Waals surface area (Å²) in [6.07, 6.45) is 2.19. The molecule has 0 bridgehead atoms. The highest BCUT2D eigenvalue weighted by Crippen LogP contribution is 2.31. The summed E-state index contributed by atoms with van der Waals surface area (Å²) < 4.78 is 10.8. The number of hydrogen-bond acceptors (Lipinski definition) is 4. The van der Waals surface area contributed by atoms with Gasteiger partial charge in [-0.1, -0.05) is 0 Å². The molecule has 2 N–H and O–H groups in total. The third kappa shape index (κ3) is 2.89. The lowest BCUT2D eigenvalue weighted by molar-refractivity contribution is -0.664. The number of nitrogens with two attached hydrogens (primary N) is 1. The summed E-state index contributed by atoms with van der Waals surface area (Å²) in [5.74, 6) is 0.865. The van der Waals surface area contributed by atoms with Crippen LogP contribution in [0.4, 0.5) is 5.69 Å². The minimum atomic E-state index is -0.460. The zero-order chi connectivity index (χ0) is 13.0. The molecule has 0 radical (unpaired) electrons. The van der Waals surface area contributed by atoms with Gasteiger partial charge in [-0.15, -0.1) is 0 Å². The van der Waals surface area contributed by atoms with Crippen molar-refractivity contribution in [3.05, 3.63) is 28.3 Å². The number of hydrogen-bond donors (Lipinski definition) is 1. The van der Waals surface area contributed by atoms with Crippen LogP contribution in [0.5, 0.6) is 11.5 Å². The number of ether oxygens (including phenoxy) is 2.